The van der Waals surface area contributed by atoms with Gasteiger partial charge < -0.3 is 4.52 Å². The average Bonchev–Trinajstić information content (AvgIpc) is 3.05. The quantitative estimate of drug-likeness (QED) is 0.619. The molecule has 28 heavy (non-hydrogen) atoms. The molecule has 6 heteroatoms. The van der Waals surface area contributed by atoms with Gasteiger partial charge in [-0.1, -0.05) is 68.4 Å². The van der Waals surface area contributed by atoms with E-state index in [0.29, 0.717) is 5.82 Å². The molecule has 0 fully saturated rings. The Balaban J connectivity index is 1.81. The second-order valence-electron chi connectivity index (χ2n) is 8.25. The summed E-state index contributed by atoms with van der Waals surface area (Å²) in [4.78, 5) is 4.24. The van der Waals surface area contributed by atoms with Crippen LogP contribution in [0.15, 0.2) is 47.0 Å². The SMILES string of the molecule is Cc1cc(C(C)(C)C)cc(C)c1CS(=O)(=O)Cc1nc(-c2ccccc2)no1. The normalized spacial score (nSPS) is 12.3. The van der Waals surface area contributed by atoms with Crippen LogP contribution in [0.25, 0.3) is 11.4 Å². The molecule has 0 saturated heterocycles. The van der Waals surface area contributed by atoms with Crippen molar-refractivity contribution in [2.75, 3.05) is 0 Å². The third-order valence-electron chi connectivity index (χ3n) is 4.77. The number of nitrogens with zero attached hydrogens (tertiary/aromatic N) is 2. The molecule has 2 aromatic carbocycles. The lowest BCUT2D eigenvalue weighted by atomic mass is 9.84. The number of aromatic nitrogens is 2. The summed E-state index contributed by atoms with van der Waals surface area (Å²) in [5.74, 6) is 0.193. The Morgan fingerprint density at radius 3 is 2.14 bits per heavy atom. The molecule has 0 aliphatic carbocycles. The fourth-order valence-electron chi connectivity index (χ4n) is 3.13. The van der Waals surface area contributed by atoms with Gasteiger partial charge in [0.05, 0.1) is 5.75 Å². The minimum absolute atomic E-state index is 0.0184. The Hall–Kier alpha value is -2.47. The van der Waals surface area contributed by atoms with E-state index in [0.717, 1.165) is 22.3 Å². The van der Waals surface area contributed by atoms with E-state index >= 15 is 0 Å². The first-order valence-electron chi connectivity index (χ1n) is 9.24. The minimum atomic E-state index is -3.45. The van der Waals surface area contributed by atoms with Gasteiger partial charge in [0.25, 0.3) is 0 Å². The van der Waals surface area contributed by atoms with Crippen LogP contribution in [0.2, 0.25) is 0 Å². The van der Waals surface area contributed by atoms with E-state index < -0.39 is 9.84 Å². The van der Waals surface area contributed by atoms with Crippen LogP contribution in [0.1, 0.15) is 48.9 Å². The van der Waals surface area contributed by atoms with Gasteiger partial charge in [-0.3, -0.25) is 0 Å². The molecule has 0 saturated carbocycles. The molecule has 0 atom stereocenters. The standard InChI is InChI=1S/C22H26N2O3S/c1-15-11-18(22(3,4)5)12-16(2)19(15)13-28(25,26)14-20-23-21(24-27-20)17-9-7-6-8-10-17/h6-12H,13-14H2,1-5H3. The van der Waals surface area contributed by atoms with Gasteiger partial charge in [0.2, 0.25) is 11.7 Å². The topological polar surface area (TPSA) is 73.1 Å². The van der Waals surface area contributed by atoms with Gasteiger partial charge in [-0.25, -0.2) is 8.42 Å². The summed E-state index contributed by atoms with van der Waals surface area (Å²) in [5.41, 5.74) is 4.83. The molecule has 0 bridgehead atoms. The van der Waals surface area contributed by atoms with E-state index in [1.807, 2.05) is 44.2 Å². The molecule has 3 aromatic rings. The van der Waals surface area contributed by atoms with E-state index in [-0.39, 0.29) is 22.8 Å². The van der Waals surface area contributed by atoms with Crippen molar-refractivity contribution in [3.8, 4) is 11.4 Å². The minimum Gasteiger partial charge on any atom is -0.338 e. The van der Waals surface area contributed by atoms with Gasteiger partial charge in [-0.2, -0.15) is 4.98 Å². The van der Waals surface area contributed by atoms with Gasteiger partial charge in [-0.05, 0) is 41.5 Å². The summed E-state index contributed by atoms with van der Waals surface area (Å²) in [5, 5.41) is 3.90. The van der Waals surface area contributed by atoms with Crippen LogP contribution in [0.4, 0.5) is 0 Å². The third-order valence-corrected chi connectivity index (χ3v) is 6.19. The molecule has 0 N–H and O–H groups in total. The molecule has 148 valence electrons. The first kappa shape index (κ1) is 20.3. The Labute approximate surface area is 166 Å². The smallest absolute Gasteiger partial charge is 0.242 e. The van der Waals surface area contributed by atoms with Crippen molar-refractivity contribution in [1.82, 2.24) is 10.1 Å². The molecule has 5 nitrogen and oxygen atoms in total. The molecule has 0 unspecified atom stereocenters. The van der Waals surface area contributed by atoms with Crippen molar-refractivity contribution < 1.29 is 12.9 Å². The Morgan fingerprint density at radius 2 is 1.57 bits per heavy atom. The Morgan fingerprint density at radius 1 is 0.964 bits per heavy atom. The number of sulfone groups is 1. The summed E-state index contributed by atoms with van der Waals surface area (Å²) >= 11 is 0. The zero-order valence-corrected chi connectivity index (χ0v) is 17.8. The first-order chi connectivity index (χ1) is 13.0. The van der Waals surface area contributed by atoms with E-state index in [4.69, 9.17) is 4.52 Å². The van der Waals surface area contributed by atoms with E-state index in [1.54, 1.807) is 0 Å². The lowest BCUT2D eigenvalue weighted by Crippen LogP contribution is -2.14. The second-order valence-corrected chi connectivity index (χ2v) is 10.3. The van der Waals surface area contributed by atoms with Gasteiger partial charge in [-0.15, -0.1) is 0 Å². The zero-order valence-electron chi connectivity index (χ0n) is 17.0. The average molecular weight is 399 g/mol. The maximum absolute atomic E-state index is 12.8. The van der Waals surface area contributed by atoms with Crippen molar-refractivity contribution in [2.45, 2.75) is 51.5 Å². The maximum Gasteiger partial charge on any atom is 0.242 e. The van der Waals surface area contributed by atoms with Crippen LogP contribution < -0.4 is 0 Å². The molecule has 0 aliphatic heterocycles. The predicted octanol–water partition coefficient (Wildman–Crippen LogP) is 4.77. The van der Waals surface area contributed by atoms with Crippen LogP contribution in [0.5, 0.6) is 0 Å². The van der Waals surface area contributed by atoms with Gasteiger partial charge in [0.15, 0.2) is 9.84 Å². The second kappa shape index (κ2) is 7.51. The van der Waals surface area contributed by atoms with E-state index in [2.05, 4.69) is 43.0 Å². The molecule has 0 spiro atoms. The fourth-order valence-corrected chi connectivity index (χ4v) is 4.62. The van der Waals surface area contributed by atoms with Crippen molar-refractivity contribution in [2.24, 2.45) is 0 Å². The van der Waals surface area contributed by atoms with Crippen LogP contribution in [-0.2, 0) is 26.8 Å². The molecular formula is C22H26N2O3S. The number of aryl methyl sites for hydroxylation is 2. The summed E-state index contributed by atoms with van der Waals surface area (Å²) in [6.45, 7) is 10.4. The Bertz CT molecular complexity index is 1060. The molecule has 1 heterocycles. The van der Waals surface area contributed by atoms with Gasteiger partial charge in [0, 0.05) is 5.56 Å². The first-order valence-corrected chi connectivity index (χ1v) is 11.1. The lowest BCUT2D eigenvalue weighted by Gasteiger charge is -2.22. The molecule has 0 radical (unpaired) electrons. The summed E-state index contributed by atoms with van der Waals surface area (Å²) < 4.78 is 30.7. The number of benzene rings is 2. The lowest BCUT2D eigenvalue weighted by molar-refractivity contribution is 0.389. The Kier molecular flexibility index (Phi) is 5.44. The van der Waals surface area contributed by atoms with E-state index in [9.17, 15) is 8.42 Å². The van der Waals surface area contributed by atoms with Crippen molar-refractivity contribution in [3.63, 3.8) is 0 Å². The third kappa shape index (κ3) is 4.68. The highest BCUT2D eigenvalue weighted by atomic mass is 32.2. The van der Waals surface area contributed by atoms with Crippen LogP contribution in [0, 0.1) is 13.8 Å². The zero-order chi connectivity index (χ0) is 20.5. The summed E-state index contributed by atoms with van der Waals surface area (Å²) in [6.07, 6.45) is 0. The maximum atomic E-state index is 12.8. The van der Waals surface area contributed by atoms with Crippen molar-refractivity contribution in [1.29, 1.82) is 0 Å². The molecule has 3 rings (SSSR count). The van der Waals surface area contributed by atoms with Crippen LogP contribution in [-0.4, -0.2) is 18.6 Å². The van der Waals surface area contributed by atoms with Crippen LogP contribution >= 0.6 is 0 Å². The predicted molar refractivity (Wildman–Crippen MR) is 111 cm³/mol. The summed E-state index contributed by atoms with van der Waals surface area (Å²) in [6, 6.07) is 13.5. The van der Waals surface area contributed by atoms with Gasteiger partial charge in [0.1, 0.15) is 5.75 Å². The van der Waals surface area contributed by atoms with Crippen LogP contribution in [0.3, 0.4) is 0 Å². The molecule has 0 amide bonds. The van der Waals surface area contributed by atoms with E-state index in [1.165, 1.54) is 5.56 Å². The van der Waals surface area contributed by atoms with Crippen molar-refractivity contribution in [3.05, 3.63) is 70.6 Å². The largest absolute Gasteiger partial charge is 0.338 e. The molecular weight excluding hydrogens is 372 g/mol. The van der Waals surface area contributed by atoms with Gasteiger partial charge >= 0.3 is 0 Å². The molecule has 1 aromatic heterocycles. The van der Waals surface area contributed by atoms with Crippen molar-refractivity contribution >= 4 is 9.84 Å². The molecule has 0 aliphatic rings. The monoisotopic (exact) mass is 398 g/mol. The highest BCUT2D eigenvalue weighted by molar-refractivity contribution is 7.89. The number of hydrogen-bond acceptors (Lipinski definition) is 5. The highest BCUT2D eigenvalue weighted by Crippen LogP contribution is 2.28. The fraction of sp³-hybridized carbons (Fsp3) is 0.364. The number of rotatable bonds is 5. The summed E-state index contributed by atoms with van der Waals surface area (Å²) in [7, 11) is -3.45. The highest BCUT2D eigenvalue weighted by Gasteiger charge is 2.22. The number of hydrogen-bond donors (Lipinski definition) is 0.